The number of hydrogen-bond acceptors (Lipinski definition) is 4. The van der Waals surface area contributed by atoms with Crippen molar-refractivity contribution in [3.63, 3.8) is 0 Å². The maximum absolute atomic E-state index is 14.8. The molecule has 2 aromatic carbocycles. The van der Waals surface area contributed by atoms with Crippen molar-refractivity contribution >= 4 is 11.8 Å². The lowest BCUT2D eigenvalue weighted by molar-refractivity contribution is 0.0675. The van der Waals surface area contributed by atoms with Crippen LogP contribution in [0.3, 0.4) is 0 Å². The molecule has 7 heteroatoms. The highest BCUT2D eigenvalue weighted by Gasteiger charge is 2.22. The fourth-order valence-corrected chi connectivity index (χ4v) is 3.62. The SMILES string of the molecule is Cc1c(N=C(N)N2CCOCC2)noc1C(C)c1ccc(-c2ccccc2)c(F)c1. The van der Waals surface area contributed by atoms with Crippen molar-refractivity contribution in [2.45, 2.75) is 19.8 Å². The molecule has 156 valence electrons. The second kappa shape index (κ2) is 8.67. The summed E-state index contributed by atoms with van der Waals surface area (Å²) in [6.07, 6.45) is 0. The first-order valence-electron chi connectivity index (χ1n) is 10.0. The second-order valence-corrected chi connectivity index (χ2v) is 7.39. The summed E-state index contributed by atoms with van der Waals surface area (Å²) in [5.41, 5.74) is 9.15. The minimum absolute atomic E-state index is 0.176. The topological polar surface area (TPSA) is 76.9 Å². The molecular weight excluding hydrogens is 383 g/mol. The summed E-state index contributed by atoms with van der Waals surface area (Å²) < 4.78 is 25.7. The minimum atomic E-state index is -0.266. The van der Waals surface area contributed by atoms with E-state index in [4.69, 9.17) is 15.0 Å². The van der Waals surface area contributed by atoms with Gasteiger partial charge in [0, 0.05) is 30.1 Å². The van der Waals surface area contributed by atoms with Gasteiger partial charge >= 0.3 is 0 Å². The van der Waals surface area contributed by atoms with E-state index < -0.39 is 0 Å². The van der Waals surface area contributed by atoms with E-state index in [0.29, 0.717) is 49.4 Å². The zero-order valence-electron chi connectivity index (χ0n) is 17.1. The molecule has 2 N–H and O–H groups in total. The smallest absolute Gasteiger partial charge is 0.201 e. The highest BCUT2D eigenvalue weighted by Crippen LogP contribution is 2.33. The van der Waals surface area contributed by atoms with Crippen LogP contribution in [0, 0.1) is 12.7 Å². The Morgan fingerprint density at radius 1 is 1.17 bits per heavy atom. The van der Waals surface area contributed by atoms with Crippen LogP contribution in [-0.4, -0.2) is 42.3 Å². The highest BCUT2D eigenvalue weighted by atomic mass is 19.1. The van der Waals surface area contributed by atoms with Crippen molar-refractivity contribution in [3.8, 4) is 11.1 Å². The van der Waals surface area contributed by atoms with E-state index in [-0.39, 0.29) is 11.7 Å². The van der Waals surface area contributed by atoms with Gasteiger partial charge in [-0.3, -0.25) is 0 Å². The van der Waals surface area contributed by atoms with Gasteiger partial charge in [-0.1, -0.05) is 54.5 Å². The van der Waals surface area contributed by atoms with Crippen LogP contribution in [0.4, 0.5) is 10.2 Å². The molecule has 3 aromatic rings. The molecule has 0 aliphatic carbocycles. The maximum atomic E-state index is 14.8. The molecule has 1 atom stereocenters. The summed E-state index contributed by atoms with van der Waals surface area (Å²) in [6.45, 7) is 6.50. The molecule has 4 rings (SSSR count). The third kappa shape index (κ3) is 4.07. The number of morpholine rings is 1. The van der Waals surface area contributed by atoms with E-state index >= 15 is 0 Å². The van der Waals surface area contributed by atoms with Crippen molar-refractivity contribution in [1.82, 2.24) is 10.1 Å². The molecule has 1 aromatic heterocycles. The molecule has 1 aliphatic rings. The summed E-state index contributed by atoms with van der Waals surface area (Å²) in [5, 5.41) is 4.09. The average Bonchev–Trinajstić information content (AvgIpc) is 3.14. The fraction of sp³-hybridized carbons (Fsp3) is 0.304. The number of guanidine groups is 1. The Balaban J connectivity index is 1.57. The molecule has 1 saturated heterocycles. The van der Waals surface area contributed by atoms with Crippen LogP contribution in [-0.2, 0) is 4.74 Å². The van der Waals surface area contributed by atoms with E-state index in [0.717, 1.165) is 16.7 Å². The predicted molar refractivity (Wildman–Crippen MR) is 114 cm³/mol. The van der Waals surface area contributed by atoms with Crippen molar-refractivity contribution in [1.29, 1.82) is 0 Å². The number of nitrogens with zero attached hydrogens (tertiary/aromatic N) is 3. The van der Waals surface area contributed by atoms with Gasteiger partial charge in [0.05, 0.1) is 13.2 Å². The molecule has 30 heavy (non-hydrogen) atoms. The molecule has 6 nitrogen and oxygen atoms in total. The summed E-state index contributed by atoms with van der Waals surface area (Å²) in [4.78, 5) is 6.39. The lowest BCUT2D eigenvalue weighted by Crippen LogP contribution is -2.44. The van der Waals surface area contributed by atoms with Crippen LogP contribution in [0.25, 0.3) is 11.1 Å². The Hall–Kier alpha value is -3.19. The number of benzene rings is 2. The standard InChI is InChI=1S/C23H25FN4O2/c1-15(18-8-9-19(20(24)14-18)17-6-4-3-5-7-17)21-16(2)22(27-30-21)26-23(25)28-10-12-29-13-11-28/h3-9,14-15H,10-13H2,1-2H3,(H2,25,26,27). The molecule has 0 amide bonds. The van der Waals surface area contributed by atoms with Crippen molar-refractivity contribution in [2.75, 3.05) is 26.3 Å². The van der Waals surface area contributed by atoms with E-state index in [1.165, 1.54) is 0 Å². The largest absolute Gasteiger partial charge is 0.378 e. The van der Waals surface area contributed by atoms with E-state index in [2.05, 4.69) is 10.1 Å². The number of rotatable bonds is 4. The monoisotopic (exact) mass is 408 g/mol. The molecule has 2 heterocycles. The van der Waals surface area contributed by atoms with Crippen LogP contribution in [0.1, 0.15) is 29.7 Å². The first kappa shape index (κ1) is 20.1. The van der Waals surface area contributed by atoms with Gasteiger partial charge in [-0.25, -0.2) is 4.39 Å². The Morgan fingerprint density at radius 3 is 2.60 bits per heavy atom. The Kier molecular flexibility index (Phi) is 5.81. The van der Waals surface area contributed by atoms with Gasteiger partial charge in [-0.15, -0.1) is 0 Å². The summed E-state index contributed by atoms with van der Waals surface area (Å²) in [5.74, 6) is 1.05. The van der Waals surface area contributed by atoms with Gasteiger partial charge in [0.25, 0.3) is 0 Å². The van der Waals surface area contributed by atoms with Gasteiger partial charge < -0.3 is 19.9 Å². The Morgan fingerprint density at radius 2 is 1.90 bits per heavy atom. The highest BCUT2D eigenvalue weighted by molar-refractivity contribution is 5.81. The third-order valence-electron chi connectivity index (χ3n) is 5.46. The van der Waals surface area contributed by atoms with Crippen molar-refractivity contribution in [3.05, 3.63) is 71.2 Å². The summed E-state index contributed by atoms with van der Waals surface area (Å²) >= 11 is 0. The van der Waals surface area contributed by atoms with Gasteiger partial charge in [-0.2, -0.15) is 4.99 Å². The first-order chi connectivity index (χ1) is 14.5. The first-order valence-corrected chi connectivity index (χ1v) is 10.0. The average molecular weight is 408 g/mol. The van der Waals surface area contributed by atoms with E-state index in [9.17, 15) is 4.39 Å². The number of aromatic nitrogens is 1. The molecule has 1 unspecified atom stereocenters. The molecule has 0 spiro atoms. The van der Waals surface area contributed by atoms with Gasteiger partial charge in [0.15, 0.2) is 5.96 Å². The normalized spacial score (nSPS) is 16.0. The number of aliphatic imine (C=N–C) groups is 1. The predicted octanol–water partition coefficient (Wildman–Crippen LogP) is 4.22. The number of nitrogens with two attached hydrogens (primary N) is 1. The maximum Gasteiger partial charge on any atom is 0.201 e. The molecule has 1 fully saturated rings. The molecule has 1 aliphatic heterocycles. The number of hydrogen-bond donors (Lipinski definition) is 1. The van der Waals surface area contributed by atoms with Crippen LogP contribution < -0.4 is 5.73 Å². The van der Waals surface area contributed by atoms with Gasteiger partial charge in [-0.05, 0) is 24.1 Å². The molecular formula is C23H25FN4O2. The Bertz CT molecular complexity index is 1040. The number of ether oxygens (including phenoxy) is 1. The summed E-state index contributed by atoms with van der Waals surface area (Å²) in [7, 11) is 0. The van der Waals surface area contributed by atoms with E-state index in [1.807, 2.05) is 55.1 Å². The van der Waals surface area contributed by atoms with Gasteiger partial charge in [0.1, 0.15) is 11.6 Å². The second-order valence-electron chi connectivity index (χ2n) is 7.39. The number of halogens is 1. The van der Waals surface area contributed by atoms with Crippen molar-refractivity contribution < 1.29 is 13.7 Å². The Labute approximate surface area is 175 Å². The molecule has 0 radical (unpaired) electrons. The zero-order valence-corrected chi connectivity index (χ0v) is 17.1. The fourth-order valence-electron chi connectivity index (χ4n) is 3.62. The quantitative estimate of drug-likeness (QED) is 0.517. The van der Waals surface area contributed by atoms with Crippen LogP contribution in [0.15, 0.2) is 58.0 Å². The molecule has 0 saturated carbocycles. The van der Waals surface area contributed by atoms with Gasteiger partial charge in [0.2, 0.25) is 5.82 Å². The van der Waals surface area contributed by atoms with Crippen LogP contribution >= 0.6 is 0 Å². The zero-order chi connectivity index (χ0) is 21.1. The van der Waals surface area contributed by atoms with Crippen molar-refractivity contribution in [2.24, 2.45) is 10.7 Å². The lowest BCUT2D eigenvalue weighted by Gasteiger charge is -2.27. The minimum Gasteiger partial charge on any atom is -0.378 e. The summed E-state index contributed by atoms with van der Waals surface area (Å²) in [6, 6.07) is 14.8. The van der Waals surface area contributed by atoms with Crippen LogP contribution in [0.5, 0.6) is 0 Å². The van der Waals surface area contributed by atoms with Crippen LogP contribution in [0.2, 0.25) is 0 Å². The molecule has 0 bridgehead atoms. The third-order valence-corrected chi connectivity index (χ3v) is 5.46. The van der Waals surface area contributed by atoms with E-state index in [1.54, 1.807) is 12.1 Å². The lowest BCUT2D eigenvalue weighted by atomic mass is 9.93.